The zero-order valence-corrected chi connectivity index (χ0v) is 15.9. The third-order valence-corrected chi connectivity index (χ3v) is 4.50. The fraction of sp³-hybridized carbons (Fsp3) is 0.667. The summed E-state index contributed by atoms with van der Waals surface area (Å²) in [5, 5.41) is 0. The van der Waals surface area contributed by atoms with Gasteiger partial charge in [-0.05, 0) is 71.8 Å². The van der Waals surface area contributed by atoms with Gasteiger partial charge >= 0.3 is 0 Å². The highest BCUT2D eigenvalue weighted by Gasteiger charge is 2.12. The van der Waals surface area contributed by atoms with Gasteiger partial charge in [-0.1, -0.05) is 29.4 Å². The van der Waals surface area contributed by atoms with E-state index < -0.39 is 0 Å². The molecule has 1 aliphatic heterocycles. The molecular weight excluding hydrogens is 300 g/mol. The van der Waals surface area contributed by atoms with Gasteiger partial charge in [0.1, 0.15) is 0 Å². The molecule has 0 spiro atoms. The Morgan fingerprint density at radius 3 is 2.50 bits per heavy atom. The van der Waals surface area contributed by atoms with Gasteiger partial charge in [0.05, 0.1) is 6.61 Å². The third-order valence-electron chi connectivity index (χ3n) is 4.50. The van der Waals surface area contributed by atoms with Crippen LogP contribution in [0.5, 0.6) is 0 Å². The Morgan fingerprint density at radius 2 is 1.83 bits per heavy atom. The van der Waals surface area contributed by atoms with E-state index in [1.54, 1.807) is 0 Å². The lowest BCUT2D eigenvalue weighted by molar-refractivity contribution is -0.155. The van der Waals surface area contributed by atoms with Crippen LogP contribution < -0.4 is 0 Å². The standard InChI is InChI=1S/C21H34O3/c1-5-19(4)20(22)13-12-17(2)9-8-10-18(3)14-16-24-21-11-6-7-15-23-21/h5,9,14,21H,6-8,10-13,15-16H2,1-4H3/b17-9+,18-14+,19-5+. The number of carbonyl (C=O) groups excluding carboxylic acids is 1. The Morgan fingerprint density at radius 1 is 1.08 bits per heavy atom. The summed E-state index contributed by atoms with van der Waals surface area (Å²) in [4.78, 5) is 11.8. The summed E-state index contributed by atoms with van der Waals surface area (Å²) in [7, 11) is 0. The van der Waals surface area contributed by atoms with Crippen molar-refractivity contribution in [1.82, 2.24) is 0 Å². The summed E-state index contributed by atoms with van der Waals surface area (Å²) in [6.45, 7) is 9.52. The molecule has 1 unspecified atom stereocenters. The number of carbonyl (C=O) groups is 1. The minimum absolute atomic E-state index is 0.0110. The first kappa shape index (κ1) is 20.9. The molecule has 0 aliphatic carbocycles. The zero-order chi connectivity index (χ0) is 17.8. The monoisotopic (exact) mass is 334 g/mol. The summed E-state index contributed by atoms with van der Waals surface area (Å²) in [6, 6.07) is 0. The first-order valence-electron chi connectivity index (χ1n) is 9.23. The Hall–Kier alpha value is -1.19. The molecule has 1 fully saturated rings. The van der Waals surface area contributed by atoms with Gasteiger partial charge in [0.15, 0.2) is 12.1 Å². The highest BCUT2D eigenvalue weighted by molar-refractivity contribution is 5.94. The molecule has 1 saturated heterocycles. The van der Waals surface area contributed by atoms with E-state index in [4.69, 9.17) is 9.47 Å². The number of hydrogen-bond acceptors (Lipinski definition) is 3. The van der Waals surface area contributed by atoms with Gasteiger partial charge in [-0.3, -0.25) is 4.79 Å². The van der Waals surface area contributed by atoms with Crippen LogP contribution in [0.2, 0.25) is 0 Å². The minimum atomic E-state index is -0.0110. The molecule has 1 atom stereocenters. The minimum Gasteiger partial charge on any atom is -0.353 e. The van der Waals surface area contributed by atoms with Crippen molar-refractivity contribution in [1.29, 1.82) is 0 Å². The van der Waals surface area contributed by atoms with Crippen LogP contribution in [-0.2, 0) is 14.3 Å². The Bertz CT molecular complexity index is 465. The second-order valence-corrected chi connectivity index (χ2v) is 6.66. The Labute approximate surface area is 147 Å². The van der Waals surface area contributed by atoms with Crippen LogP contribution >= 0.6 is 0 Å². The first-order chi connectivity index (χ1) is 11.5. The lowest BCUT2D eigenvalue weighted by atomic mass is 10.0. The molecule has 3 heteroatoms. The van der Waals surface area contributed by atoms with E-state index in [0.29, 0.717) is 13.0 Å². The Balaban J connectivity index is 2.19. The van der Waals surface area contributed by atoms with Crippen LogP contribution in [0.15, 0.2) is 34.9 Å². The van der Waals surface area contributed by atoms with Crippen LogP contribution in [0.3, 0.4) is 0 Å². The maximum Gasteiger partial charge on any atom is 0.158 e. The van der Waals surface area contributed by atoms with Crippen molar-refractivity contribution in [3.8, 4) is 0 Å². The highest BCUT2D eigenvalue weighted by atomic mass is 16.7. The molecule has 1 aliphatic rings. The highest BCUT2D eigenvalue weighted by Crippen LogP contribution is 2.15. The molecule has 0 amide bonds. The van der Waals surface area contributed by atoms with E-state index in [1.165, 1.54) is 17.6 Å². The molecular formula is C21H34O3. The first-order valence-corrected chi connectivity index (χ1v) is 9.23. The molecule has 0 radical (unpaired) electrons. The van der Waals surface area contributed by atoms with E-state index in [-0.39, 0.29) is 12.1 Å². The smallest absolute Gasteiger partial charge is 0.158 e. The van der Waals surface area contributed by atoms with E-state index in [1.807, 2.05) is 19.9 Å². The quantitative estimate of drug-likeness (QED) is 0.390. The average molecular weight is 335 g/mol. The SMILES string of the molecule is C/C=C(\C)C(=O)CC/C(C)=C/CC/C(C)=C/COC1CCCCO1. The molecule has 3 nitrogen and oxygen atoms in total. The maximum absolute atomic E-state index is 11.8. The van der Waals surface area contributed by atoms with Gasteiger partial charge in [-0.2, -0.15) is 0 Å². The number of ether oxygens (including phenoxy) is 2. The van der Waals surface area contributed by atoms with E-state index >= 15 is 0 Å². The topological polar surface area (TPSA) is 35.5 Å². The second-order valence-electron chi connectivity index (χ2n) is 6.66. The molecule has 24 heavy (non-hydrogen) atoms. The average Bonchev–Trinajstić information content (AvgIpc) is 2.59. The van der Waals surface area contributed by atoms with Crippen molar-refractivity contribution in [3.63, 3.8) is 0 Å². The molecule has 1 heterocycles. The lowest BCUT2D eigenvalue weighted by Crippen LogP contribution is -2.22. The maximum atomic E-state index is 11.8. The third kappa shape index (κ3) is 9.19. The van der Waals surface area contributed by atoms with Crippen LogP contribution in [0.25, 0.3) is 0 Å². The molecule has 0 aromatic carbocycles. The molecule has 0 bridgehead atoms. The van der Waals surface area contributed by atoms with Crippen molar-refractivity contribution in [2.24, 2.45) is 0 Å². The summed E-state index contributed by atoms with van der Waals surface area (Å²) in [5.74, 6) is 0.253. The number of allylic oxidation sites excluding steroid dienone is 5. The summed E-state index contributed by atoms with van der Waals surface area (Å²) < 4.78 is 11.3. The van der Waals surface area contributed by atoms with Crippen LogP contribution in [0.1, 0.15) is 72.6 Å². The molecule has 136 valence electrons. The molecule has 1 rings (SSSR count). The van der Waals surface area contributed by atoms with Gasteiger partial charge in [-0.25, -0.2) is 0 Å². The molecule has 0 N–H and O–H groups in total. The second kappa shape index (κ2) is 12.2. The van der Waals surface area contributed by atoms with Crippen molar-refractivity contribution in [2.75, 3.05) is 13.2 Å². The molecule has 0 saturated carbocycles. The number of Topliss-reactive ketones (excluding diaryl/α,β-unsaturated/α-hetero) is 1. The normalized spacial score (nSPS) is 20.3. The van der Waals surface area contributed by atoms with E-state index in [0.717, 1.165) is 44.3 Å². The predicted molar refractivity (Wildman–Crippen MR) is 100.0 cm³/mol. The fourth-order valence-electron chi connectivity index (χ4n) is 2.56. The van der Waals surface area contributed by atoms with Gasteiger partial charge in [0, 0.05) is 13.0 Å². The van der Waals surface area contributed by atoms with Gasteiger partial charge in [0.25, 0.3) is 0 Å². The van der Waals surface area contributed by atoms with Crippen LogP contribution in [-0.4, -0.2) is 25.3 Å². The summed E-state index contributed by atoms with van der Waals surface area (Å²) >= 11 is 0. The van der Waals surface area contributed by atoms with Crippen molar-refractivity contribution >= 4 is 5.78 Å². The lowest BCUT2D eigenvalue weighted by Gasteiger charge is -2.22. The van der Waals surface area contributed by atoms with Crippen molar-refractivity contribution in [2.45, 2.75) is 78.9 Å². The zero-order valence-electron chi connectivity index (χ0n) is 15.9. The number of hydrogen-bond donors (Lipinski definition) is 0. The Kier molecular flexibility index (Phi) is 10.6. The summed E-state index contributed by atoms with van der Waals surface area (Å²) in [6.07, 6.45) is 13.2. The van der Waals surface area contributed by atoms with Crippen molar-refractivity contribution in [3.05, 3.63) is 34.9 Å². The van der Waals surface area contributed by atoms with Gasteiger partial charge in [-0.15, -0.1) is 0 Å². The predicted octanol–water partition coefficient (Wildman–Crippen LogP) is 5.52. The summed E-state index contributed by atoms with van der Waals surface area (Å²) in [5.41, 5.74) is 3.51. The fourth-order valence-corrected chi connectivity index (χ4v) is 2.56. The largest absolute Gasteiger partial charge is 0.353 e. The molecule has 0 aromatic heterocycles. The number of ketones is 1. The van der Waals surface area contributed by atoms with Crippen molar-refractivity contribution < 1.29 is 14.3 Å². The van der Waals surface area contributed by atoms with Gasteiger partial charge in [0.2, 0.25) is 0 Å². The van der Waals surface area contributed by atoms with Crippen LogP contribution in [0, 0.1) is 0 Å². The van der Waals surface area contributed by atoms with E-state index in [9.17, 15) is 4.79 Å². The number of rotatable bonds is 10. The van der Waals surface area contributed by atoms with Gasteiger partial charge < -0.3 is 9.47 Å². The van der Waals surface area contributed by atoms with Crippen LogP contribution in [0.4, 0.5) is 0 Å². The molecule has 0 aromatic rings. The van der Waals surface area contributed by atoms with E-state index in [2.05, 4.69) is 26.0 Å².